The van der Waals surface area contributed by atoms with Crippen LogP contribution >= 0.6 is 11.5 Å². The van der Waals surface area contributed by atoms with Gasteiger partial charge in [-0.2, -0.15) is 9.64 Å². The molecular weight excluding hydrogens is 291 g/mol. The average Bonchev–Trinajstić information content (AvgIpc) is 2.87. The lowest BCUT2D eigenvalue weighted by Gasteiger charge is -2.09. The Balaban J connectivity index is 0.00000141. The molecule has 22 heavy (non-hydrogen) atoms. The van der Waals surface area contributed by atoms with Gasteiger partial charge in [0.05, 0.1) is 10.6 Å². The molecule has 0 N–H and O–H groups in total. The summed E-state index contributed by atoms with van der Waals surface area (Å²) in [6.07, 6.45) is 0. The van der Waals surface area contributed by atoms with Crippen molar-refractivity contribution in [2.75, 3.05) is 0 Å². The van der Waals surface area contributed by atoms with E-state index >= 15 is 0 Å². The minimum absolute atomic E-state index is 0. The van der Waals surface area contributed by atoms with E-state index in [1.807, 2.05) is 58.0 Å². The molecule has 0 spiro atoms. The Morgan fingerprint density at radius 3 is 2.23 bits per heavy atom. The molecule has 1 aromatic heterocycles. The summed E-state index contributed by atoms with van der Waals surface area (Å²) in [5.74, 6) is 0.372. The van der Waals surface area contributed by atoms with E-state index in [9.17, 15) is 5.26 Å². The maximum Gasteiger partial charge on any atom is 0.374 e. The lowest BCUT2D eigenvalue weighted by molar-refractivity contribution is 0.576. The Morgan fingerprint density at radius 1 is 1.23 bits per heavy atom. The first-order valence-corrected chi connectivity index (χ1v) is 7.46. The Morgan fingerprint density at radius 2 is 1.82 bits per heavy atom. The smallest absolute Gasteiger partial charge is 0.374 e. The van der Waals surface area contributed by atoms with Gasteiger partial charge < -0.3 is 4.65 Å². The van der Waals surface area contributed by atoms with Crippen LogP contribution < -0.4 is 0 Å². The molecule has 3 nitrogen and oxygen atoms in total. The van der Waals surface area contributed by atoms with Gasteiger partial charge in [-0.3, -0.25) is 0 Å². The summed E-state index contributed by atoms with van der Waals surface area (Å²) in [6, 6.07) is 11.5. The summed E-state index contributed by atoms with van der Waals surface area (Å²) >= 11 is 1.28. The lowest BCUT2D eigenvalue weighted by Crippen LogP contribution is -1.94. The fourth-order valence-electron chi connectivity index (χ4n) is 1.70. The van der Waals surface area contributed by atoms with Crippen LogP contribution in [0.15, 0.2) is 30.3 Å². The molecule has 0 fully saturated rings. The molecule has 0 aliphatic carbocycles. The van der Waals surface area contributed by atoms with Crippen molar-refractivity contribution in [1.82, 2.24) is 4.37 Å². The van der Waals surface area contributed by atoms with Crippen LogP contribution in [0, 0.1) is 25.2 Å². The van der Waals surface area contributed by atoms with Crippen LogP contribution in [0.2, 0.25) is 0 Å². The van der Waals surface area contributed by atoms with Crippen LogP contribution in [0.4, 0.5) is 0 Å². The topological polar surface area (TPSA) is 45.9 Å². The van der Waals surface area contributed by atoms with Gasteiger partial charge in [-0.25, -0.2) is 0 Å². The molecule has 2 rings (SSSR count). The number of aryl methyl sites for hydroxylation is 1. The van der Waals surface area contributed by atoms with Crippen molar-refractivity contribution in [3.63, 3.8) is 0 Å². The molecule has 0 atom stereocenters. The molecule has 0 unspecified atom stereocenters. The molecule has 0 aliphatic heterocycles. The first kappa shape index (κ1) is 19.9. The molecule has 0 aliphatic rings. The number of rotatable bonds is 3. The number of hydrogen-bond donors (Lipinski definition) is 0. The van der Waals surface area contributed by atoms with Gasteiger partial charge in [0, 0.05) is 0 Å². The number of benzene rings is 1. The van der Waals surface area contributed by atoms with Crippen molar-refractivity contribution in [2.24, 2.45) is 0 Å². The van der Waals surface area contributed by atoms with Crippen molar-refractivity contribution < 1.29 is 4.65 Å². The molecule has 114 valence electrons. The van der Waals surface area contributed by atoms with Crippen LogP contribution in [0.5, 0.6) is 0 Å². The van der Waals surface area contributed by atoms with Crippen LogP contribution in [0.3, 0.4) is 0 Å². The maximum atomic E-state index is 9.38. The Hall–Kier alpha value is -2.06. The molecule has 0 amide bonds. The Bertz CT molecular complexity index is 657. The van der Waals surface area contributed by atoms with Gasteiger partial charge >= 0.3 is 8.05 Å². The van der Waals surface area contributed by atoms with Gasteiger partial charge in [0.2, 0.25) is 0 Å². The van der Waals surface area contributed by atoms with Crippen molar-refractivity contribution in [3.05, 3.63) is 52.0 Å². The summed E-state index contributed by atoms with van der Waals surface area (Å²) in [7, 11) is 5.37. The maximum absolute atomic E-state index is 9.38. The van der Waals surface area contributed by atoms with E-state index in [4.69, 9.17) is 12.7 Å². The highest BCUT2D eigenvalue weighted by molar-refractivity contribution is 7.07. The molecular formula is C17H21BN2OS. The van der Waals surface area contributed by atoms with Crippen molar-refractivity contribution >= 4 is 30.9 Å². The number of nitrogens with zero attached hydrogens (tertiary/aromatic N) is 2. The summed E-state index contributed by atoms with van der Waals surface area (Å²) < 4.78 is 9.22. The van der Waals surface area contributed by atoms with E-state index in [0.29, 0.717) is 11.3 Å². The predicted molar refractivity (Wildman–Crippen MR) is 95.4 cm³/mol. The molecule has 1 aromatic carbocycles. The van der Waals surface area contributed by atoms with Gasteiger partial charge in [-0.05, 0) is 36.5 Å². The Kier molecular flexibility index (Phi) is 8.89. The molecule has 0 saturated carbocycles. The fourth-order valence-corrected chi connectivity index (χ4v) is 2.59. The van der Waals surface area contributed by atoms with Crippen LogP contribution in [-0.4, -0.2) is 12.4 Å². The van der Waals surface area contributed by atoms with Crippen molar-refractivity contribution in [2.45, 2.75) is 35.1 Å². The molecule has 1 heterocycles. The first-order valence-electron chi connectivity index (χ1n) is 6.68. The van der Waals surface area contributed by atoms with Gasteiger partial charge in [0.15, 0.2) is 0 Å². The molecule has 2 radical (unpaired) electrons. The van der Waals surface area contributed by atoms with E-state index in [1.54, 1.807) is 0 Å². The standard InChI is InChI=1S/C14H11BN2OS.C2H6.CH4/c1-9-10(2)17-19-14(9)13(18-15)12(8-16)11-6-4-3-5-7-11;1-2;/h3-7H,1-2H3;1-2H3;1H4. The van der Waals surface area contributed by atoms with Gasteiger partial charge in [-0.15, -0.1) is 0 Å². The summed E-state index contributed by atoms with van der Waals surface area (Å²) in [5, 5.41) is 9.38. The zero-order chi connectivity index (χ0) is 15.8. The highest BCUT2D eigenvalue weighted by atomic mass is 32.1. The second-order valence-electron chi connectivity index (χ2n) is 4.02. The molecule has 0 saturated heterocycles. The predicted octanol–water partition coefficient (Wildman–Crippen LogP) is 4.91. The molecule has 5 heteroatoms. The van der Waals surface area contributed by atoms with Gasteiger partial charge in [-0.1, -0.05) is 51.6 Å². The normalized spacial score (nSPS) is 10.3. The third kappa shape index (κ3) is 4.22. The van der Waals surface area contributed by atoms with Crippen LogP contribution in [0.25, 0.3) is 11.3 Å². The average molecular weight is 312 g/mol. The summed E-state index contributed by atoms with van der Waals surface area (Å²) in [4.78, 5) is 0.792. The fraction of sp³-hybridized carbons (Fsp3) is 0.294. The summed E-state index contributed by atoms with van der Waals surface area (Å²) in [6.45, 7) is 7.85. The second-order valence-corrected chi connectivity index (χ2v) is 4.80. The van der Waals surface area contributed by atoms with E-state index in [1.165, 1.54) is 11.5 Å². The highest BCUT2D eigenvalue weighted by Gasteiger charge is 2.17. The SMILES string of the molecule is C.CC.[B]OC(=C(C#N)c1ccccc1)c1snc(C)c1C. The zero-order valence-electron chi connectivity index (χ0n) is 12.7. The van der Waals surface area contributed by atoms with Gasteiger partial charge in [0.25, 0.3) is 0 Å². The third-order valence-corrected chi connectivity index (χ3v) is 3.92. The van der Waals surface area contributed by atoms with E-state index in [0.717, 1.165) is 21.7 Å². The van der Waals surface area contributed by atoms with Crippen LogP contribution in [0.1, 0.15) is 43.0 Å². The van der Waals surface area contributed by atoms with E-state index in [-0.39, 0.29) is 7.43 Å². The van der Waals surface area contributed by atoms with E-state index in [2.05, 4.69) is 10.4 Å². The van der Waals surface area contributed by atoms with E-state index < -0.39 is 0 Å². The minimum atomic E-state index is 0. The zero-order valence-corrected chi connectivity index (χ0v) is 13.5. The molecule has 0 bridgehead atoms. The number of hydrogen-bond acceptors (Lipinski definition) is 4. The lowest BCUT2D eigenvalue weighted by atomic mass is 10.0. The third-order valence-electron chi connectivity index (χ3n) is 2.88. The van der Waals surface area contributed by atoms with Crippen LogP contribution in [-0.2, 0) is 4.65 Å². The summed E-state index contributed by atoms with van der Waals surface area (Å²) in [5.41, 5.74) is 3.08. The first-order chi connectivity index (χ1) is 10.2. The Labute approximate surface area is 138 Å². The second kappa shape index (κ2) is 9.80. The quantitative estimate of drug-likeness (QED) is 0.459. The number of aromatic nitrogens is 1. The number of allylic oxidation sites excluding steroid dienone is 1. The minimum Gasteiger partial charge on any atom is -0.566 e. The van der Waals surface area contributed by atoms with Gasteiger partial charge in [0.1, 0.15) is 17.4 Å². The van der Waals surface area contributed by atoms with Crippen molar-refractivity contribution in [3.8, 4) is 6.07 Å². The monoisotopic (exact) mass is 312 g/mol. The largest absolute Gasteiger partial charge is 0.566 e. The number of nitriles is 1. The highest BCUT2D eigenvalue weighted by Crippen LogP contribution is 2.32. The van der Waals surface area contributed by atoms with Crippen molar-refractivity contribution in [1.29, 1.82) is 5.26 Å². The molecule has 2 aromatic rings.